The zero-order valence-corrected chi connectivity index (χ0v) is 11.2. The molecule has 18 heavy (non-hydrogen) atoms. The molecule has 0 fully saturated rings. The Morgan fingerprint density at radius 2 is 2.11 bits per heavy atom. The summed E-state index contributed by atoms with van der Waals surface area (Å²) in [4.78, 5) is 10.4. The maximum Gasteiger partial charge on any atom is 0.328 e. The monoisotopic (exact) mass is 270 g/mol. The molecule has 0 radical (unpaired) electrons. The largest absolute Gasteiger partial charge is 0.493 e. The van der Waals surface area contributed by atoms with Crippen LogP contribution in [0.25, 0.3) is 6.08 Å². The number of hydrogen-bond donors (Lipinski definition) is 1. The standard InChI is InChI=1S/C13H15ClO4/c1-8(2)18-13-10(14)6-9(4-5-12(15)16)7-11(13)17-3/h4-8H,1-3H3,(H,15,16)/b5-4+. The molecule has 0 bridgehead atoms. The van der Waals surface area contributed by atoms with Crippen LogP contribution in [0.5, 0.6) is 11.5 Å². The van der Waals surface area contributed by atoms with Gasteiger partial charge < -0.3 is 14.6 Å². The zero-order valence-electron chi connectivity index (χ0n) is 10.4. The van der Waals surface area contributed by atoms with Crippen LogP contribution in [0.4, 0.5) is 0 Å². The molecule has 0 saturated carbocycles. The first-order valence-corrected chi connectivity index (χ1v) is 5.77. The number of aliphatic carboxylic acids is 1. The van der Waals surface area contributed by atoms with E-state index < -0.39 is 5.97 Å². The van der Waals surface area contributed by atoms with Crippen molar-refractivity contribution in [2.75, 3.05) is 7.11 Å². The van der Waals surface area contributed by atoms with Crippen molar-refractivity contribution in [3.63, 3.8) is 0 Å². The van der Waals surface area contributed by atoms with E-state index in [0.717, 1.165) is 6.08 Å². The van der Waals surface area contributed by atoms with Gasteiger partial charge in [0.2, 0.25) is 0 Å². The molecule has 0 heterocycles. The van der Waals surface area contributed by atoms with Gasteiger partial charge in [0.15, 0.2) is 11.5 Å². The quantitative estimate of drug-likeness (QED) is 0.835. The van der Waals surface area contributed by atoms with Crippen molar-refractivity contribution in [3.8, 4) is 11.5 Å². The first-order valence-electron chi connectivity index (χ1n) is 5.39. The summed E-state index contributed by atoms with van der Waals surface area (Å²) in [6, 6.07) is 3.30. The Morgan fingerprint density at radius 3 is 2.61 bits per heavy atom. The predicted molar refractivity (Wildman–Crippen MR) is 70.4 cm³/mol. The number of ether oxygens (including phenoxy) is 2. The van der Waals surface area contributed by atoms with Gasteiger partial charge in [-0.3, -0.25) is 0 Å². The zero-order chi connectivity index (χ0) is 13.7. The van der Waals surface area contributed by atoms with Crippen LogP contribution < -0.4 is 9.47 Å². The predicted octanol–water partition coefficient (Wildman–Crippen LogP) is 3.23. The molecule has 0 amide bonds. The first-order chi connectivity index (χ1) is 8.43. The lowest BCUT2D eigenvalue weighted by Gasteiger charge is -2.15. The molecule has 5 heteroatoms. The third-order valence-corrected chi connectivity index (χ3v) is 2.30. The van der Waals surface area contributed by atoms with Crippen LogP contribution in [0.15, 0.2) is 18.2 Å². The molecule has 0 saturated heterocycles. The number of methoxy groups -OCH3 is 1. The van der Waals surface area contributed by atoms with Gasteiger partial charge in [0.25, 0.3) is 0 Å². The van der Waals surface area contributed by atoms with E-state index in [1.807, 2.05) is 13.8 Å². The molecular weight excluding hydrogens is 256 g/mol. The van der Waals surface area contributed by atoms with Crippen molar-refractivity contribution >= 4 is 23.6 Å². The van der Waals surface area contributed by atoms with E-state index >= 15 is 0 Å². The molecule has 0 aliphatic carbocycles. The highest BCUT2D eigenvalue weighted by atomic mass is 35.5. The van der Waals surface area contributed by atoms with E-state index in [4.69, 9.17) is 26.2 Å². The molecule has 1 aromatic rings. The van der Waals surface area contributed by atoms with Gasteiger partial charge in [0.1, 0.15) is 0 Å². The van der Waals surface area contributed by atoms with Crippen molar-refractivity contribution in [1.82, 2.24) is 0 Å². The van der Waals surface area contributed by atoms with E-state index in [9.17, 15) is 4.79 Å². The van der Waals surface area contributed by atoms with Crippen LogP contribution >= 0.6 is 11.6 Å². The van der Waals surface area contributed by atoms with Gasteiger partial charge in [0.05, 0.1) is 18.2 Å². The average molecular weight is 271 g/mol. The molecule has 1 rings (SSSR count). The van der Waals surface area contributed by atoms with Gasteiger partial charge in [-0.15, -0.1) is 0 Å². The Balaban J connectivity index is 3.14. The van der Waals surface area contributed by atoms with E-state index in [1.54, 1.807) is 12.1 Å². The third kappa shape index (κ3) is 3.96. The Bertz CT molecular complexity index is 466. The van der Waals surface area contributed by atoms with Crippen LogP contribution in [0.1, 0.15) is 19.4 Å². The summed E-state index contributed by atoms with van der Waals surface area (Å²) in [7, 11) is 1.50. The van der Waals surface area contributed by atoms with Gasteiger partial charge in [-0.2, -0.15) is 0 Å². The minimum atomic E-state index is -1.02. The molecule has 4 nitrogen and oxygen atoms in total. The number of carbonyl (C=O) groups is 1. The minimum Gasteiger partial charge on any atom is -0.493 e. The Labute approximate surface area is 111 Å². The number of carboxylic acids is 1. The maximum absolute atomic E-state index is 10.4. The second-order valence-corrected chi connectivity index (χ2v) is 4.28. The highest BCUT2D eigenvalue weighted by Crippen LogP contribution is 2.37. The summed E-state index contributed by atoms with van der Waals surface area (Å²) in [5.74, 6) is -0.0875. The van der Waals surface area contributed by atoms with E-state index in [0.29, 0.717) is 22.1 Å². The molecule has 0 aliphatic rings. The summed E-state index contributed by atoms with van der Waals surface area (Å²) >= 11 is 6.09. The van der Waals surface area contributed by atoms with Gasteiger partial charge in [-0.25, -0.2) is 4.79 Å². The molecule has 0 spiro atoms. The van der Waals surface area contributed by atoms with Crippen molar-refractivity contribution in [3.05, 3.63) is 28.8 Å². The van der Waals surface area contributed by atoms with Gasteiger partial charge >= 0.3 is 5.97 Å². The lowest BCUT2D eigenvalue weighted by atomic mass is 10.2. The van der Waals surface area contributed by atoms with Gasteiger partial charge in [-0.1, -0.05) is 11.6 Å². The SMILES string of the molecule is COc1cc(/C=C/C(=O)O)cc(Cl)c1OC(C)C. The second-order valence-electron chi connectivity index (χ2n) is 3.87. The third-order valence-electron chi connectivity index (χ3n) is 2.02. The summed E-state index contributed by atoms with van der Waals surface area (Å²) in [5.41, 5.74) is 0.635. The van der Waals surface area contributed by atoms with Gasteiger partial charge in [0, 0.05) is 6.08 Å². The Kier molecular flexibility index (Phi) is 5.04. The number of carboxylic acid groups (broad SMARTS) is 1. The van der Waals surface area contributed by atoms with Crippen molar-refractivity contribution in [2.24, 2.45) is 0 Å². The molecule has 98 valence electrons. The van der Waals surface area contributed by atoms with E-state index in [-0.39, 0.29) is 6.10 Å². The van der Waals surface area contributed by atoms with Crippen molar-refractivity contribution in [2.45, 2.75) is 20.0 Å². The summed E-state index contributed by atoms with van der Waals surface area (Å²) in [6.45, 7) is 3.77. The molecule has 0 atom stereocenters. The fourth-order valence-electron chi connectivity index (χ4n) is 1.35. The number of halogens is 1. The van der Waals surface area contributed by atoms with Crippen LogP contribution in [0.2, 0.25) is 5.02 Å². The fraction of sp³-hybridized carbons (Fsp3) is 0.308. The summed E-state index contributed by atoms with van der Waals surface area (Å²) in [5, 5.41) is 8.95. The van der Waals surface area contributed by atoms with E-state index in [2.05, 4.69) is 0 Å². The van der Waals surface area contributed by atoms with Gasteiger partial charge in [-0.05, 0) is 37.6 Å². The van der Waals surface area contributed by atoms with Crippen LogP contribution in [-0.4, -0.2) is 24.3 Å². The minimum absolute atomic E-state index is 0.0307. The lowest BCUT2D eigenvalue weighted by molar-refractivity contribution is -0.131. The first kappa shape index (κ1) is 14.4. The van der Waals surface area contributed by atoms with Crippen LogP contribution in [0.3, 0.4) is 0 Å². The average Bonchev–Trinajstić information content (AvgIpc) is 2.28. The topological polar surface area (TPSA) is 55.8 Å². The van der Waals surface area contributed by atoms with Crippen molar-refractivity contribution < 1.29 is 19.4 Å². The second kappa shape index (κ2) is 6.31. The molecule has 0 unspecified atom stereocenters. The molecule has 0 aliphatic heterocycles. The number of hydrogen-bond acceptors (Lipinski definition) is 3. The van der Waals surface area contributed by atoms with Crippen LogP contribution in [0, 0.1) is 0 Å². The van der Waals surface area contributed by atoms with E-state index in [1.165, 1.54) is 13.2 Å². The van der Waals surface area contributed by atoms with Crippen molar-refractivity contribution in [1.29, 1.82) is 0 Å². The maximum atomic E-state index is 10.4. The highest BCUT2D eigenvalue weighted by Gasteiger charge is 2.12. The number of benzene rings is 1. The Morgan fingerprint density at radius 1 is 1.44 bits per heavy atom. The number of rotatable bonds is 5. The smallest absolute Gasteiger partial charge is 0.328 e. The highest BCUT2D eigenvalue weighted by molar-refractivity contribution is 6.32. The molecule has 1 aromatic carbocycles. The lowest BCUT2D eigenvalue weighted by Crippen LogP contribution is -2.07. The fourth-order valence-corrected chi connectivity index (χ4v) is 1.62. The van der Waals surface area contributed by atoms with Crippen LogP contribution in [-0.2, 0) is 4.79 Å². The summed E-state index contributed by atoms with van der Waals surface area (Å²) < 4.78 is 10.7. The molecule has 0 aromatic heterocycles. The molecular formula is C13H15ClO4. The normalized spacial score (nSPS) is 10.9. The summed E-state index contributed by atoms with van der Waals surface area (Å²) in [6.07, 6.45) is 2.45. The Hall–Kier alpha value is -1.68. The molecule has 1 N–H and O–H groups in total.